The molecule has 0 saturated heterocycles. The predicted molar refractivity (Wildman–Crippen MR) is 105 cm³/mol. The van der Waals surface area contributed by atoms with E-state index in [-0.39, 0.29) is 29.9 Å². The number of rotatable bonds is 6. The third-order valence-electron chi connectivity index (χ3n) is 3.00. The molecule has 1 aromatic rings. The van der Waals surface area contributed by atoms with E-state index < -0.39 is 0 Å². The zero-order chi connectivity index (χ0) is 15.1. The summed E-state index contributed by atoms with van der Waals surface area (Å²) < 4.78 is 0.992. The Morgan fingerprint density at radius 2 is 2.00 bits per heavy atom. The van der Waals surface area contributed by atoms with Crippen molar-refractivity contribution >= 4 is 57.5 Å². The Morgan fingerprint density at radius 1 is 1.32 bits per heavy atom. The number of carbonyl (C=O) groups is 1. The SMILES string of the molecule is CCNC(=NCCC(=O)Nc1ccc(Br)cc1)NC1CC1.I. The number of hydrogen-bond donors (Lipinski definition) is 3. The molecule has 1 saturated carbocycles. The van der Waals surface area contributed by atoms with Crippen LogP contribution in [0.2, 0.25) is 0 Å². The van der Waals surface area contributed by atoms with E-state index in [4.69, 9.17) is 0 Å². The number of nitrogens with one attached hydrogen (secondary N) is 3. The third kappa shape index (κ3) is 7.44. The van der Waals surface area contributed by atoms with Gasteiger partial charge in [0.2, 0.25) is 5.91 Å². The summed E-state index contributed by atoms with van der Waals surface area (Å²) in [6.45, 7) is 3.33. The van der Waals surface area contributed by atoms with Crippen molar-refractivity contribution in [3.8, 4) is 0 Å². The summed E-state index contributed by atoms with van der Waals surface area (Å²) in [5.74, 6) is 0.778. The molecule has 2 rings (SSSR count). The molecule has 0 aliphatic heterocycles. The van der Waals surface area contributed by atoms with E-state index in [1.165, 1.54) is 12.8 Å². The third-order valence-corrected chi connectivity index (χ3v) is 3.53. The molecule has 0 heterocycles. The maximum Gasteiger partial charge on any atom is 0.226 e. The van der Waals surface area contributed by atoms with Crippen LogP contribution < -0.4 is 16.0 Å². The second-order valence-corrected chi connectivity index (χ2v) is 5.90. The van der Waals surface area contributed by atoms with Crippen molar-refractivity contribution in [2.75, 3.05) is 18.4 Å². The largest absolute Gasteiger partial charge is 0.357 e. The van der Waals surface area contributed by atoms with Crippen molar-refractivity contribution in [1.29, 1.82) is 0 Å². The Morgan fingerprint density at radius 3 is 2.59 bits per heavy atom. The fourth-order valence-electron chi connectivity index (χ4n) is 1.77. The first-order chi connectivity index (χ1) is 10.2. The Balaban J connectivity index is 0.00000242. The number of nitrogens with zero attached hydrogens (tertiary/aromatic N) is 1. The Bertz CT molecular complexity index is 503. The molecule has 122 valence electrons. The van der Waals surface area contributed by atoms with Crippen LogP contribution >= 0.6 is 39.9 Å². The number of amides is 1. The maximum atomic E-state index is 11.8. The van der Waals surface area contributed by atoms with E-state index in [1.807, 2.05) is 31.2 Å². The molecule has 1 fully saturated rings. The van der Waals surface area contributed by atoms with Crippen molar-refractivity contribution in [3.63, 3.8) is 0 Å². The van der Waals surface area contributed by atoms with Gasteiger partial charge in [0, 0.05) is 29.2 Å². The van der Waals surface area contributed by atoms with Crippen LogP contribution in [-0.4, -0.2) is 31.0 Å². The lowest BCUT2D eigenvalue weighted by Crippen LogP contribution is -2.38. The van der Waals surface area contributed by atoms with Crippen LogP contribution in [-0.2, 0) is 4.79 Å². The first kappa shape index (κ1) is 19.2. The molecule has 0 bridgehead atoms. The van der Waals surface area contributed by atoms with Crippen molar-refractivity contribution in [2.24, 2.45) is 4.99 Å². The zero-order valence-corrected chi connectivity index (χ0v) is 16.5. The monoisotopic (exact) mass is 480 g/mol. The molecule has 1 aliphatic carbocycles. The van der Waals surface area contributed by atoms with E-state index in [2.05, 4.69) is 36.9 Å². The second kappa shape index (κ2) is 10.0. The molecule has 22 heavy (non-hydrogen) atoms. The fourth-order valence-corrected chi connectivity index (χ4v) is 2.03. The maximum absolute atomic E-state index is 11.8. The Kier molecular flexibility index (Phi) is 8.77. The number of hydrogen-bond acceptors (Lipinski definition) is 2. The van der Waals surface area contributed by atoms with E-state index in [0.717, 1.165) is 22.7 Å². The van der Waals surface area contributed by atoms with Crippen molar-refractivity contribution in [1.82, 2.24) is 10.6 Å². The summed E-state index contributed by atoms with van der Waals surface area (Å²) in [5, 5.41) is 9.37. The molecule has 1 aliphatic rings. The molecule has 1 amide bonds. The van der Waals surface area contributed by atoms with Crippen LogP contribution in [0.1, 0.15) is 26.2 Å². The van der Waals surface area contributed by atoms with Gasteiger partial charge in [-0.25, -0.2) is 0 Å². The second-order valence-electron chi connectivity index (χ2n) is 4.98. The summed E-state index contributed by atoms with van der Waals surface area (Å²) in [6.07, 6.45) is 2.78. The normalized spacial score (nSPS) is 14.0. The minimum atomic E-state index is -0.0247. The first-order valence-corrected chi connectivity index (χ1v) is 8.07. The molecule has 1 aromatic carbocycles. The first-order valence-electron chi connectivity index (χ1n) is 7.27. The molecule has 7 heteroatoms. The predicted octanol–water partition coefficient (Wildman–Crippen LogP) is 3.11. The van der Waals surface area contributed by atoms with Crippen molar-refractivity contribution in [2.45, 2.75) is 32.2 Å². The number of halogens is 2. The molecule has 0 spiro atoms. The molecule has 0 radical (unpaired) electrons. The van der Waals surface area contributed by atoms with Crippen LogP contribution in [0.3, 0.4) is 0 Å². The van der Waals surface area contributed by atoms with Gasteiger partial charge in [0.05, 0.1) is 6.54 Å². The molecule has 5 nitrogen and oxygen atoms in total. The van der Waals surface area contributed by atoms with E-state index in [1.54, 1.807) is 0 Å². The molecule has 0 atom stereocenters. The number of anilines is 1. The smallest absolute Gasteiger partial charge is 0.226 e. The van der Waals surface area contributed by atoms with Crippen LogP contribution in [0.25, 0.3) is 0 Å². The summed E-state index contributed by atoms with van der Waals surface area (Å²) in [5.41, 5.74) is 0.801. The fraction of sp³-hybridized carbons (Fsp3) is 0.467. The Hall–Kier alpha value is -0.830. The molecule has 3 N–H and O–H groups in total. The summed E-state index contributed by atoms with van der Waals surface area (Å²) in [7, 11) is 0. The van der Waals surface area contributed by atoms with E-state index in [0.29, 0.717) is 19.0 Å². The van der Waals surface area contributed by atoms with Gasteiger partial charge < -0.3 is 16.0 Å². The van der Waals surface area contributed by atoms with Gasteiger partial charge >= 0.3 is 0 Å². The highest BCUT2D eigenvalue weighted by atomic mass is 127. The van der Waals surface area contributed by atoms with Gasteiger partial charge in [-0.1, -0.05) is 15.9 Å². The van der Waals surface area contributed by atoms with E-state index >= 15 is 0 Å². The highest BCUT2D eigenvalue weighted by Crippen LogP contribution is 2.18. The summed E-state index contributed by atoms with van der Waals surface area (Å²) >= 11 is 3.36. The van der Waals surface area contributed by atoms with Crippen LogP contribution in [0, 0.1) is 0 Å². The van der Waals surface area contributed by atoms with Crippen LogP contribution in [0.5, 0.6) is 0 Å². The van der Waals surface area contributed by atoms with Gasteiger partial charge in [0.25, 0.3) is 0 Å². The average Bonchev–Trinajstić information content (AvgIpc) is 3.25. The Labute approximate surface area is 156 Å². The topological polar surface area (TPSA) is 65.5 Å². The van der Waals surface area contributed by atoms with Gasteiger partial charge in [0.1, 0.15) is 0 Å². The number of guanidine groups is 1. The van der Waals surface area contributed by atoms with Gasteiger partial charge in [-0.05, 0) is 44.0 Å². The standard InChI is InChI=1S/C15H21BrN4O.HI/c1-2-17-15(20-13-7-8-13)18-10-9-14(21)19-12-5-3-11(16)4-6-12;/h3-6,13H,2,7-10H2,1H3,(H,19,21)(H2,17,18,20);1H. The summed E-state index contributed by atoms with van der Waals surface area (Å²) in [4.78, 5) is 16.3. The lowest BCUT2D eigenvalue weighted by Gasteiger charge is -2.10. The van der Waals surface area contributed by atoms with Gasteiger partial charge in [-0.15, -0.1) is 24.0 Å². The van der Waals surface area contributed by atoms with Gasteiger partial charge in [-0.2, -0.15) is 0 Å². The molecule has 0 unspecified atom stereocenters. The highest BCUT2D eigenvalue weighted by molar-refractivity contribution is 14.0. The summed E-state index contributed by atoms with van der Waals surface area (Å²) in [6, 6.07) is 8.08. The quantitative estimate of drug-likeness (QED) is 0.333. The zero-order valence-electron chi connectivity index (χ0n) is 12.6. The van der Waals surface area contributed by atoms with Crippen molar-refractivity contribution < 1.29 is 4.79 Å². The molecule has 0 aromatic heterocycles. The number of carbonyl (C=O) groups excluding carboxylic acids is 1. The number of benzene rings is 1. The number of aliphatic imine (C=N–C) groups is 1. The highest BCUT2D eigenvalue weighted by Gasteiger charge is 2.21. The average molecular weight is 481 g/mol. The minimum absolute atomic E-state index is 0. The minimum Gasteiger partial charge on any atom is -0.357 e. The van der Waals surface area contributed by atoms with Gasteiger partial charge in [-0.3, -0.25) is 9.79 Å². The van der Waals surface area contributed by atoms with Crippen LogP contribution in [0.15, 0.2) is 33.7 Å². The van der Waals surface area contributed by atoms with Crippen molar-refractivity contribution in [3.05, 3.63) is 28.7 Å². The molecular weight excluding hydrogens is 459 g/mol. The van der Waals surface area contributed by atoms with Gasteiger partial charge in [0.15, 0.2) is 5.96 Å². The lowest BCUT2D eigenvalue weighted by molar-refractivity contribution is -0.116. The van der Waals surface area contributed by atoms with Crippen LogP contribution in [0.4, 0.5) is 5.69 Å². The van der Waals surface area contributed by atoms with E-state index in [9.17, 15) is 4.79 Å². The lowest BCUT2D eigenvalue weighted by atomic mass is 10.3. The molecular formula is C15H22BrIN4O.